The van der Waals surface area contributed by atoms with E-state index in [1.54, 1.807) is 0 Å². The van der Waals surface area contributed by atoms with Crippen LogP contribution in [-0.4, -0.2) is 59.1 Å². The van der Waals surface area contributed by atoms with Crippen molar-refractivity contribution in [2.75, 3.05) is 37.7 Å². The summed E-state index contributed by atoms with van der Waals surface area (Å²) >= 11 is 1.41. The van der Waals surface area contributed by atoms with Gasteiger partial charge in [-0.05, 0) is 12.8 Å². The first-order valence-electron chi connectivity index (χ1n) is 7.63. The van der Waals surface area contributed by atoms with E-state index in [4.69, 9.17) is 4.74 Å². The predicted molar refractivity (Wildman–Crippen MR) is 81.8 cm³/mol. The Bertz CT molecular complexity index is 499. The monoisotopic (exact) mass is 310 g/mol. The van der Waals surface area contributed by atoms with Crippen LogP contribution in [0.15, 0.2) is 0 Å². The highest BCUT2D eigenvalue weighted by atomic mass is 32.1. The average Bonchev–Trinajstić information content (AvgIpc) is 3.16. The largest absolute Gasteiger partial charge is 0.378 e. The Balaban J connectivity index is 1.73. The number of nitrogens with zero attached hydrogens (tertiary/aromatic N) is 4. The standard InChI is InChI=1S/C14H22N4O2S/c1-10(2)12-15-14(21-16-12)18-5-3-4-11(18)13(19)17-6-8-20-9-7-17/h10-11H,3-9H2,1-2H3/t11-/m0/s1. The molecule has 0 bridgehead atoms. The minimum atomic E-state index is -0.0731. The Morgan fingerprint density at radius 3 is 2.76 bits per heavy atom. The summed E-state index contributed by atoms with van der Waals surface area (Å²) in [5.74, 6) is 1.42. The molecule has 0 N–H and O–H groups in total. The molecular weight excluding hydrogens is 288 g/mol. The van der Waals surface area contributed by atoms with Crippen LogP contribution < -0.4 is 4.90 Å². The van der Waals surface area contributed by atoms with Crippen LogP contribution in [0.1, 0.15) is 38.4 Å². The Kier molecular flexibility index (Phi) is 4.40. The maximum atomic E-state index is 12.7. The van der Waals surface area contributed by atoms with Crippen molar-refractivity contribution in [1.29, 1.82) is 0 Å². The van der Waals surface area contributed by atoms with Gasteiger partial charge < -0.3 is 14.5 Å². The van der Waals surface area contributed by atoms with E-state index >= 15 is 0 Å². The molecule has 3 heterocycles. The SMILES string of the molecule is CC(C)c1nsc(N2CCC[C@H]2C(=O)N2CCOCC2)n1. The lowest BCUT2D eigenvalue weighted by Gasteiger charge is -2.32. The van der Waals surface area contributed by atoms with E-state index in [9.17, 15) is 4.79 Å². The lowest BCUT2D eigenvalue weighted by Crippen LogP contribution is -2.49. The molecule has 0 radical (unpaired) electrons. The molecule has 6 nitrogen and oxygen atoms in total. The van der Waals surface area contributed by atoms with Gasteiger partial charge in [0.15, 0.2) is 0 Å². The molecule has 2 aliphatic rings. The third kappa shape index (κ3) is 3.03. The number of carbonyl (C=O) groups excluding carboxylic acids is 1. The van der Waals surface area contributed by atoms with Gasteiger partial charge in [-0.3, -0.25) is 4.79 Å². The summed E-state index contributed by atoms with van der Waals surface area (Å²) in [4.78, 5) is 21.4. The van der Waals surface area contributed by atoms with Crippen molar-refractivity contribution >= 4 is 22.6 Å². The lowest BCUT2D eigenvalue weighted by atomic mass is 10.2. The molecular formula is C14H22N4O2S. The fourth-order valence-electron chi connectivity index (χ4n) is 2.82. The molecule has 2 fully saturated rings. The average molecular weight is 310 g/mol. The second kappa shape index (κ2) is 6.27. The third-order valence-corrected chi connectivity index (χ3v) is 4.82. The van der Waals surface area contributed by atoms with Crippen molar-refractivity contribution in [2.45, 2.75) is 38.6 Å². The minimum absolute atomic E-state index is 0.0731. The Hall–Kier alpha value is -1.21. The summed E-state index contributed by atoms with van der Waals surface area (Å²) in [5.41, 5.74) is 0. The first-order valence-corrected chi connectivity index (χ1v) is 8.41. The first kappa shape index (κ1) is 14.7. The number of hydrogen-bond acceptors (Lipinski definition) is 6. The van der Waals surface area contributed by atoms with Crippen LogP contribution in [0, 0.1) is 0 Å². The normalized spacial score (nSPS) is 23.1. The highest BCUT2D eigenvalue weighted by Gasteiger charge is 2.36. The number of amides is 1. The van der Waals surface area contributed by atoms with Crippen molar-refractivity contribution < 1.29 is 9.53 Å². The maximum Gasteiger partial charge on any atom is 0.245 e. The zero-order valence-electron chi connectivity index (χ0n) is 12.6. The van der Waals surface area contributed by atoms with E-state index in [-0.39, 0.29) is 11.9 Å². The maximum absolute atomic E-state index is 12.7. The quantitative estimate of drug-likeness (QED) is 0.846. The fourth-order valence-corrected chi connectivity index (χ4v) is 3.71. The van der Waals surface area contributed by atoms with E-state index < -0.39 is 0 Å². The van der Waals surface area contributed by atoms with Crippen LogP contribution in [0.25, 0.3) is 0 Å². The number of ether oxygens (including phenoxy) is 1. The number of rotatable bonds is 3. The third-order valence-electron chi connectivity index (χ3n) is 4.05. The topological polar surface area (TPSA) is 58.6 Å². The van der Waals surface area contributed by atoms with Crippen molar-refractivity contribution in [3.63, 3.8) is 0 Å². The molecule has 7 heteroatoms. The summed E-state index contributed by atoms with van der Waals surface area (Å²) in [6, 6.07) is -0.0731. The van der Waals surface area contributed by atoms with Gasteiger partial charge in [0.05, 0.1) is 13.2 Å². The second-order valence-electron chi connectivity index (χ2n) is 5.88. The lowest BCUT2D eigenvalue weighted by molar-refractivity contribution is -0.136. The highest BCUT2D eigenvalue weighted by molar-refractivity contribution is 7.09. The van der Waals surface area contributed by atoms with E-state index in [1.807, 2.05) is 4.90 Å². The van der Waals surface area contributed by atoms with Gasteiger partial charge in [-0.25, -0.2) is 4.98 Å². The first-order chi connectivity index (χ1) is 10.2. The Morgan fingerprint density at radius 1 is 1.33 bits per heavy atom. The van der Waals surface area contributed by atoms with Crippen molar-refractivity contribution in [1.82, 2.24) is 14.3 Å². The summed E-state index contributed by atoms with van der Waals surface area (Å²) in [6.45, 7) is 7.78. The van der Waals surface area contributed by atoms with Crippen molar-refractivity contribution in [2.24, 2.45) is 0 Å². The summed E-state index contributed by atoms with van der Waals surface area (Å²) in [7, 11) is 0. The molecule has 3 rings (SSSR count). The molecule has 2 aliphatic heterocycles. The second-order valence-corrected chi connectivity index (χ2v) is 6.61. The predicted octanol–water partition coefficient (Wildman–Crippen LogP) is 1.49. The molecule has 116 valence electrons. The molecule has 0 spiro atoms. The van der Waals surface area contributed by atoms with Gasteiger partial charge in [0, 0.05) is 37.1 Å². The molecule has 21 heavy (non-hydrogen) atoms. The van der Waals surface area contributed by atoms with Gasteiger partial charge in [-0.1, -0.05) is 13.8 Å². The molecule has 0 aromatic carbocycles. The molecule has 1 aromatic heterocycles. The van der Waals surface area contributed by atoms with Crippen LogP contribution in [0.4, 0.5) is 5.13 Å². The number of hydrogen-bond donors (Lipinski definition) is 0. The van der Waals surface area contributed by atoms with Crippen LogP contribution >= 0.6 is 11.5 Å². The van der Waals surface area contributed by atoms with Gasteiger partial charge in [-0.15, -0.1) is 0 Å². The summed E-state index contributed by atoms with van der Waals surface area (Å²) in [6.07, 6.45) is 1.95. The molecule has 1 aromatic rings. The van der Waals surface area contributed by atoms with E-state index in [1.165, 1.54) is 11.5 Å². The van der Waals surface area contributed by atoms with Gasteiger partial charge in [0.25, 0.3) is 0 Å². The van der Waals surface area contributed by atoms with Crippen LogP contribution in [0.3, 0.4) is 0 Å². The molecule has 2 saturated heterocycles. The molecule has 0 aliphatic carbocycles. The Morgan fingerprint density at radius 2 is 2.10 bits per heavy atom. The van der Waals surface area contributed by atoms with Crippen molar-refractivity contribution in [3.05, 3.63) is 5.82 Å². The fraction of sp³-hybridized carbons (Fsp3) is 0.786. The van der Waals surface area contributed by atoms with Gasteiger partial charge >= 0.3 is 0 Å². The molecule has 1 atom stereocenters. The van der Waals surface area contributed by atoms with Gasteiger partial charge in [0.2, 0.25) is 11.0 Å². The summed E-state index contributed by atoms with van der Waals surface area (Å²) in [5, 5.41) is 0.891. The van der Waals surface area contributed by atoms with E-state index in [0.717, 1.165) is 30.3 Å². The van der Waals surface area contributed by atoms with Gasteiger partial charge in [0.1, 0.15) is 11.9 Å². The smallest absolute Gasteiger partial charge is 0.245 e. The van der Waals surface area contributed by atoms with Gasteiger partial charge in [-0.2, -0.15) is 4.37 Å². The van der Waals surface area contributed by atoms with Crippen LogP contribution in [-0.2, 0) is 9.53 Å². The number of carbonyl (C=O) groups is 1. The minimum Gasteiger partial charge on any atom is -0.378 e. The highest BCUT2D eigenvalue weighted by Crippen LogP contribution is 2.29. The summed E-state index contributed by atoms with van der Waals surface area (Å²) < 4.78 is 9.74. The van der Waals surface area contributed by atoms with Crippen LogP contribution in [0.2, 0.25) is 0 Å². The number of anilines is 1. The molecule has 0 unspecified atom stereocenters. The molecule has 0 saturated carbocycles. The Labute approximate surface area is 129 Å². The van der Waals surface area contributed by atoms with E-state index in [0.29, 0.717) is 32.2 Å². The van der Waals surface area contributed by atoms with Crippen molar-refractivity contribution in [3.8, 4) is 0 Å². The zero-order chi connectivity index (χ0) is 14.8. The number of morpholine rings is 1. The van der Waals surface area contributed by atoms with Crippen LogP contribution in [0.5, 0.6) is 0 Å². The number of aromatic nitrogens is 2. The van der Waals surface area contributed by atoms with E-state index in [2.05, 4.69) is 28.1 Å². The zero-order valence-corrected chi connectivity index (χ0v) is 13.4. The molecule has 1 amide bonds.